The zero-order chi connectivity index (χ0) is 26.9. The Morgan fingerprint density at radius 3 is 2.74 bits per heavy atom. The van der Waals surface area contributed by atoms with Crippen molar-refractivity contribution >= 4 is 55.1 Å². The lowest BCUT2D eigenvalue weighted by Gasteiger charge is -2.13. The Morgan fingerprint density at radius 1 is 1.16 bits per heavy atom. The number of aromatic nitrogens is 2. The highest BCUT2D eigenvalue weighted by Gasteiger charge is 2.25. The number of nitrogens with one attached hydrogen (secondary N) is 1. The number of nitrogens with zero attached hydrogens (tertiary/aromatic N) is 2. The lowest BCUT2D eigenvalue weighted by molar-refractivity contribution is -0.136. The molecular formula is C26H22ClN3O6S2. The number of carbonyl (C=O) groups is 1. The van der Waals surface area contributed by atoms with Crippen LogP contribution in [0.15, 0.2) is 70.6 Å². The second kappa shape index (κ2) is 10.7. The molecule has 0 amide bonds. The molecule has 5 rings (SSSR count). The highest BCUT2D eigenvalue weighted by Crippen LogP contribution is 2.37. The molecule has 2 N–H and O–H groups in total. The van der Waals surface area contributed by atoms with E-state index in [4.69, 9.17) is 26.2 Å². The Bertz CT molecular complexity index is 1670. The van der Waals surface area contributed by atoms with Gasteiger partial charge in [0.25, 0.3) is 0 Å². The van der Waals surface area contributed by atoms with Crippen molar-refractivity contribution in [3.63, 3.8) is 0 Å². The fourth-order valence-electron chi connectivity index (χ4n) is 3.99. The van der Waals surface area contributed by atoms with Crippen LogP contribution in [0.2, 0.25) is 5.15 Å². The lowest BCUT2D eigenvalue weighted by Crippen LogP contribution is -2.10. The van der Waals surface area contributed by atoms with E-state index in [0.29, 0.717) is 39.5 Å². The minimum absolute atomic E-state index is 0.0244. The summed E-state index contributed by atoms with van der Waals surface area (Å²) < 4.78 is 36.7. The number of benzene rings is 2. The number of sulfone groups is 1. The van der Waals surface area contributed by atoms with E-state index in [1.54, 1.807) is 48.5 Å². The number of rotatable bonds is 9. The molecule has 0 fully saturated rings. The van der Waals surface area contributed by atoms with Gasteiger partial charge in [-0.15, -0.1) is 0 Å². The maximum atomic E-state index is 12.3. The summed E-state index contributed by atoms with van der Waals surface area (Å²) in [5.41, 5.74) is 2.02. The van der Waals surface area contributed by atoms with Crippen LogP contribution in [0.4, 0.5) is 0 Å². The quantitative estimate of drug-likeness (QED) is 0.258. The van der Waals surface area contributed by atoms with Crippen molar-refractivity contribution in [3.8, 4) is 17.2 Å². The molecule has 2 aromatic heterocycles. The summed E-state index contributed by atoms with van der Waals surface area (Å²) in [6.45, 7) is 0.547. The molecule has 38 heavy (non-hydrogen) atoms. The Labute approximate surface area is 227 Å². The van der Waals surface area contributed by atoms with Gasteiger partial charge in [0.05, 0.1) is 29.9 Å². The van der Waals surface area contributed by atoms with E-state index in [2.05, 4.69) is 15.0 Å². The molecule has 0 radical (unpaired) electrons. The third-order valence-corrected chi connectivity index (χ3v) is 8.21. The number of aromatic amines is 1. The molecule has 2 aromatic carbocycles. The van der Waals surface area contributed by atoms with Crippen molar-refractivity contribution in [2.45, 2.75) is 23.2 Å². The van der Waals surface area contributed by atoms with Crippen molar-refractivity contribution in [3.05, 3.63) is 77.2 Å². The average Bonchev–Trinajstić information content (AvgIpc) is 3.49. The van der Waals surface area contributed by atoms with Gasteiger partial charge in [-0.1, -0.05) is 41.6 Å². The van der Waals surface area contributed by atoms with Gasteiger partial charge in [-0.2, -0.15) is 0 Å². The number of hydrogen-bond donors (Lipinski definition) is 2. The van der Waals surface area contributed by atoms with Crippen LogP contribution in [-0.2, 0) is 21.2 Å². The van der Waals surface area contributed by atoms with Crippen molar-refractivity contribution in [2.75, 3.05) is 12.8 Å². The number of carboxylic acid groups (broad SMARTS) is 1. The molecule has 1 atom stereocenters. The first kappa shape index (κ1) is 26.1. The predicted octanol–water partition coefficient (Wildman–Crippen LogP) is 5.33. The van der Waals surface area contributed by atoms with E-state index in [-0.39, 0.29) is 28.9 Å². The van der Waals surface area contributed by atoms with E-state index in [9.17, 15) is 13.2 Å². The number of hydrogen-bond acceptors (Lipinski definition) is 8. The normalized spacial score (nSPS) is 15.4. The molecule has 1 aliphatic heterocycles. The SMILES string of the molecule is CS(=O)(=O)c1ccccc1Oc1cc(OCc2cccc(Cl)n2)c2[nH]c(C3=NCC(CC(=O)O)S3)cc2c1. The van der Waals surface area contributed by atoms with Crippen LogP contribution in [0.3, 0.4) is 0 Å². The Morgan fingerprint density at radius 2 is 1.97 bits per heavy atom. The first-order chi connectivity index (χ1) is 18.2. The number of pyridine rings is 1. The molecular weight excluding hydrogens is 550 g/mol. The van der Waals surface area contributed by atoms with Crippen molar-refractivity contribution in [1.29, 1.82) is 0 Å². The molecule has 0 aliphatic carbocycles. The average molecular weight is 572 g/mol. The number of aliphatic imine (C=N–C) groups is 1. The van der Waals surface area contributed by atoms with Crippen molar-refractivity contribution in [2.24, 2.45) is 4.99 Å². The number of fused-ring (bicyclic) bond motifs is 1. The van der Waals surface area contributed by atoms with Gasteiger partial charge in [-0.3, -0.25) is 9.79 Å². The monoisotopic (exact) mass is 571 g/mol. The Hall–Kier alpha value is -3.54. The lowest BCUT2D eigenvalue weighted by atomic mass is 10.2. The summed E-state index contributed by atoms with van der Waals surface area (Å²) in [7, 11) is -3.52. The van der Waals surface area contributed by atoms with Crippen LogP contribution in [-0.4, -0.2) is 52.6 Å². The number of halogens is 1. The largest absolute Gasteiger partial charge is 0.485 e. The number of H-pyrrole nitrogens is 1. The Kier molecular flexibility index (Phi) is 7.33. The Balaban J connectivity index is 1.51. The molecule has 1 unspecified atom stereocenters. The number of carboxylic acids is 1. The highest BCUT2D eigenvalue weighted by molar-refractivity contribution is 8.15. The summed E-state index contributed by atoms with van der Waals surface area (Å²) in [5.74, 6) is 0.155. The zero-order valence-electron chi connectivity index (χ0n) is 20.0. The first-order valence-corrected chi connectivity index (χ1v) is 14.6. The van der Waals surface area contributed by atoms with Crippen LogP contribution >= 0.6 is 23.4 Å². The summed E-state index contributed by atoms with van der Waals surface area (Å²) in [5, 5.41) is 10.8. The van der Waals surface area contributed by atoms with Gasteiger partial charge >= 0.3 is 5.97 Å². The second-order valence-corrected chi connectivity index (χ2v) is 12.3. The minimum atomic E-state index is -3.52. The molecule has 0 saturated heterocycles. The molecule has 4 aromatic rings. The van der Waals surface area contributed by atoms with E-state index in [0.717, 1.165) is 17.3 Å². The van der Waals surface area contributed by atoms with E-state index in [1.165, 1.54) is 17.8 Å². The van der Waals surface area contributed by atoms with Gasteiger partial charge in [0.1, 0.15) is 38.9 Å². The van der Waals surface area contributed by atoms with Gasteiger partial charge in [-0.05, 0) is 36.4 Å². The van der Waals surface area contributed by atoms with Gasteiger partial charge in [0.15, 0.2) is 9.84 Å². The minimum Gasteiger partial charge on any atom is -0.485 e. The van der Waals surface area contributed by atoms with E-state index in [1.807, 2.05) is 6.07 Å². The van der Waals surface area contributed by atoms with E-state index >= 15 is 0 Å². The van der Waals surface area contributed by atoms with Gasteiger partial charge in [-0.25, -0.2) is 13.4 Å². The van der Waals surface area contributed by atoms with Crippen LogP contribution in [0.5, 0.6) is 17.2 Å². The van der Waals surface area contributed by atoms with Gasteiger partial charge < -0.3 is 19.6 Å². The fraction of sp³-hybridized carbons (Fsp3) is 0.192. The van der Waals surface area contributed by atoms with Crippen LogP contribution in [0.1, 0.15) is 17.8 Å². The topological polar surface area (TPSA) is 131 Å². The summed E-state index contributed by atoms with van der Waals surface area (Å²) in [6, 6.07) is 17.0. The fourth-order valence-corrected chi connectivity index (χ4v) is 6.05. The van der Waals surface area contributed by atoms with Crippen LogP contribution in [0.25, 0.3) is 10.9 Å². The second-order valence-electron chi connectivity index (χ2n) is 8.61. The highest BCUT2D eigenvalue weighted by atomic mass is 35.5. The number of aliphatic carboxylic acids is 1. The third-order valence-electron chi connectivity index (χ3n) is 5.64. The summed E-state index contributed by atoms with van der Waals surface area (Å²) in [4.78, 5) is 23.3. The molecule has 0 spiro atoms. The van der Waals surface area contributed by atoms with Crippen LogP contribution < -0.4 is 9.47 Å². The maximum absolute atomic E-state index is 12.3. The maximum Gasteiger partial charge on any atom is 0.304 e. The molecule has 0 bridgehead atoms. The molecule has 3 heterocycles. The molecule has 0 saturated carbocycles. The van der Waals surface area contributed by atoms with Crippen LogP contribution in [0, 0.1) is 0 Å². The van der Waals surface area contributed by atoms with Gasteiger partial charge in [0.2, 0.25) is 0 Å². The third kappa shape index (κ3) is 5.95. The summed E-state index contributed by atoms with van der Waals surface area (Å²) >= 11 is 7.42. The van der Waals surface area contributed by atoms with Crippen molar-refractivity contribution in [1.82, 2.24) is 9.97 Å². The van der Waals surface area contributed by atoms with Gasteiger partial charge in [0, 0.05) is 23.0 Å². The van der Waals surface area contributed by atoms with E-state index < -0.39 is 15.8 Å². The van der Waals surface area contributed by atoms with Crippen molar-refractivity contribution < 1.29 is 27.8 Å². The smallest absolute Gasteiger partial charge is 0.304 e. The molecule has 1 aliphatic rings. The number of para-hydroxylation sites is 1. The molecule has 12 heteroatoms. The molecule has 196 valence electrons. The molecule has 9 nitrogen and oxygen atoms in total. The zero-order valence-corrected chi connectivity index (χ0v) is 22.4. The standard InChI is InChI=1S/C26H22ClN3O6S2/c1-38(33,34)22-7-3-2-6-20(22)36-17-9-15-10-19(26-28-13-18(37-26)12-24(31)32)30-25(15)21(11-17)35-14-16-5-4-8-23(27)29-16/h2-11,18,30H,12-14H2,1H3,(H,31,32). The predicted molar refractivity (Wildman–Crippen MR) is 147 cm³/mol. The number of thioether (sulfide) groups is 1. The summed E-state index contributed by atoms with van der Waals surface area (Å²) in [6.07, 6.45) is 1.15. The first-order valence-electron chi connectivity index (χ1n) is 11.5. The number of ether oxygens (including phenoxy) is 2.